The Morgan fingerprint density at radius 3 is 1.58 bits per heavy atom. The van der Waals surface area contributed by atoms with E-state index in [0.717, 1.165) is 11.1 Å². The Morgan fingerprint density at radius 2 is 1.21 bits per heavy atom. The minimum Gasteiger partial charge on any atom is -0.353 e. The van der Waals surface area contributed by atoms with Gasteiger partial charge in [0, 0.05) is 0 Å². The fraction of sp³-hybridized carbons (Fsp3) is 0.125. The van der Waals surface area contributed by atoms with Crippen molar-refractivity contribution in [2.75, 3.05) is 5.32 Å². The second-order valence-corrected chi connectivity index (χ2v) is 4.45. The summed E-state index contributed by atoms with van der Waals surface area (Å²) in [5, 5.41) is 21.4. The van der Waals surface area contributed by atoms with Gasteiger partial charge in [0.2, 0.25) is 0 Å². The molecule has 0 amide bonds. The third kappa shape index (κ3) is 2.73. The lowest BCUT2D eigenvalue weighted by molar-refractivity contribution is 1.38. The lowest BCUT2D eigenvalue weighted by atomic mass is 10.1. The van der Waals surface area contributed by atoms with Crippen LogP contribution in [0.2, 0.25) is 0 Å². The average Bonchev–Trinajstić information content (AvgIpc) is 2.42. The van der Waals surface area contributed by atoms with Crippen LogP contribution in [0.4, 0.5) is 11.4 Å². The smallest absolute Gasteiger partial charge is 0.101 e. The van der Waals surface area contributed by atoms with Crippen molar-refractivity contribution in [3.63, 3.8) is 0 Å². The van der Waals surface area contributed by atoms with E-state index < -0.39 is 0 Å². The van der Waals surface area contributed by atoms with Gasteiger partial charge in [0.15, 0.2) is 0 Å². The molecule has 3 nitrogen and oxygen atoms in total. The number of rotatable bonds is 2. The maximum Gasteiger partial charge on any atom is 0.101 e. The molecule has 3 heteroatoms. The maximum atomic E-state index is 9.14. The minimum absolute atomic E-state index is 0.574. The third-order valence-corrected chi connectivity index (χ3v) is 2.86. The summed E-state index contributed by atoms with van der Waals surface area (Å²) in [7, 11) is 0. The topological polar surface area (TPSA) is 59.6 Å². The molecule has 0 fully saturated rings. The molecule has 0 radical (unpaired) electrons. The third-order valence-electron chi connectivity index (χ3n) is 2.86. The first-order valence-electron chi connectivity index (χ1n) is 5.92. The predicted molar refractivity (Wildman–Crippen MR) is 75.1 cm³/mol. The molecule has 0 aliphatic heterocycles. The highest BCUT2D eigenvalue weighted by Crippen LogP contribution is 2.24. The molecule has 0 spiro atoms. The van der Waals surface area contributed by atoms with E-state index in [0.29, 0.717) is 22.5 Å². The monoisotopic (exact) mass is 247 g/mol. The first kappa shape index (κ1) is 12.7. The molecular formula is C16H13N3. The highest BCUT2D eigenvalue weighted by molar-refractivity contribution is 5.71. The average molecular weight is 247 g/mol. The van der Waals surface area contributed by atoms with Crippen LogP contribution < -0.4 is 5.32 Å². The van der Waals surface area contributed by atoms with Gasteiger partial charge in [-0.15, -0.1) is 0 Å². The van der Waals surface area contributed by atoms with Gasteiger partial charge in [-0.25, -0.2) is 0 Å². The highest BCUT2D eigenvalue weighted by Gasteiger charge is 2.06. The van der Waals surface area contributed by atoms with Gasteiger partial charge in [-0.1, -0.05) is 12.1 Å². The summed E-state index contributed by atoms with van der Waals surface area (Å²) in [6.07, 6.45) is 0. The van der Waals surface area contributed by atoms with Gasteiger partial charge in [-0.3, -0.25) is 0 Å². The molecule has 1 N–H and O–H groups in total. The Labute approximate surface area is 112 Å². The van der Waals surface area contributed by atoms with Crippen LogP contribution in [0.3, 0.4) is 0 Å². The molecule has 0 aliphatic rings. The van der Waals surface area contributed by atoms with Crippen LogP contribution in [0, 0.1) is 36.5 Å². The summed E-state index contributed by atoms with van der Waals surface area (Å²) >= 11 is 0. The Hall–Kier alpha value is -2.78. The number of nitrogens with zero attached hydrogens (tertiary/aromatic N) is 2. The van der Waals surface area contributed by atoms with Crippen LogP contribution in [0.5, 0.6) is 0 Å². The van der Waals surface area contributed by atoms with Gasteiger partial charge >= 0.3 is 0 Å². The minimum atomic E-state index is 0.574. The molecule has 19 heavy (non-hydrogen) atoms. The Bertz CT molecular complexity index is 641. The largest absolute Gasteiger partial charge is 0.353 e. The van der Waals surface area contributed by atoms with E-state index in [-0.39, 0.29) is 0 Å². The fourth-order valence-corrected chi connectivity index (χ4v) is 1.86. The molecule has 0 atom stereocenters. The van der Waals surface area contributed by atoms with Crippen LogP contribution in [-0.4, -0.2) is 0 Å². The summed E-state index contributed by atoms with van der Waals surface area (Å²) in [5.41, 5.74) is 4.65. The zero-order valence-corrected chi connectivity index (χ0v) is 10.9. The van der Waals surface area contributed by atoms with E-state index in [1.807, 2.05) is 50.2 Å². The van der Waals surface area contributed by atoms with Crippen molar-refractivity contribution in [2.24, 2.45) is 0 Å². The summed E-state index contributed by atoms with van der Waals surface area (Å²) in [6, 6.07) is 15.5. The summed E-state index contributed by atoms with van der Waals surface area (Å²) < 4.78 is 0. The van der Waals surface area contributed by atoms with Crippen molar-refractivity contribution in [3.05, 3.63) is 58.7 Å². The van der Waals surface area contributed by atoms with E-state index in [2.05, 4.69) is 17.5 Å². The van der Waals surface area contributed by atoms with Crippen molar-refractivity contribution in [1.29, 1.82) is 10.5 Å². The molecule has 0 aliphatic carbocycles. The maximum absolute atomic E-state index is 9.14. The Balaban J connectivity index is 2.43. The van der Waals surface area contributed by atoms with Crippen LogP contribution >= 0.6 is 0 Å². The van der Waals surface area contributed by atoms with E-state index in [9.17, 15) is 0 Å². The fourth-order valence-electron chi connectivity index (χ4n) is 1.86. The number of aryl methyl sites for hydroxylation is 2. The van der Waals surface area contributed by atoms with E-state index in [4.69, 9.17) is 10.5 Å². The van der Waals surface area contributed by atoms with Crippen molar-refractivity contribution in [2.45, 2.75) is 13.8 Å². The van der Waals surface area contributed by atoms with Gasteiger partial charge in [0.1, 0.15) is 12.1 Å². The molecule has 0 aromatic heterocycles. The SMILES string of the molecule is Cc1ccc(Nc2ccc(C)cc2C#N)c(C#N)c1. The first-order chi connectivity index (χ1) is 9.13. The second-order valence-electron chi connectivity index (χ2n) is 4.45. The zero-order valence-electron chi connectivity index (χ0n) is 10.9. The van der Waals surface area contributed by atoms with Crippen LogP contribution in [-0.2, 0) is 0 Å². The van der Waals surface area contributed by atoms with Gasteiger partial charge in [0.25, 0.3) is 0 Å². The van der Waals surface area contributed by atoms with Crippen molar-refractivity contribution < 1.29 is 0 Å². The lowest BCUT2D eigenvalue weighted by Gasteiger charge is -2.10. The van der Waals surface area contributed by atoms with Crippen molar-refractivity contribution in [1.82, 2.24) is 0 Å². The van der Waals surface area contributed by atoms with Gasteiger partial charge in [-0.2, -0.15) is 10.5 Å². The van der Waals surface area contributed by atoms with Gasteiger partial charge in [0.05, 0.1) is 22.5 Å². The number of nitriles is 2. The van der Waals surface area contributed by atoms with Crippen molar-refractivity contribution >= 4 is 11.4 Å². The zero-order chi connectivity index (χ0) is 13.8. The molecule has 2 aromatic carbocycles. The number of hydrogen-bond donors (Lipinski definition) is 1. The molecule has 0 bridgehead atoms. The molecular weight excluding hydrogens is 234 g/mol. The first-order valence-corrected chi connectivity index (χ1v) is 5.92. The van der Waals surface area contributed by atoms with Crippen LogP contribution in [0.1, 0.15) is 22.3 Å². The number of anilines is 2. The van der Waals surface area contributed by atoms with Gasteiger partial charge in [-0.05, 0) is 49.2 Å². The highest BCUT2D eigenvalue weighted by atomic mass is 14.9. The Morgan fingerprint density at radius 1 is 0.789 bits per heavy atom. The normalized spacial score (nSPS) is 9.47. The standard InChI is InChI=1S/C16H13N3/c1-11-3-5-15(13(7-11)9-17)19-16-6-4-12(2)8-14(16)10-18/h3-8,19H,1-2H3. The number of nitrogens with one attached hydrogen (secondary N) is 1. The van der Waals surface area contributed by atoms with E-state index >= 15 is 0 Å². The number of benzene rings is 2. The van der Waals surface area contributed by atoms with Crippen LogP contribution in [0.15, 0.2) is 36.4 Å². The van der Waals surface area contributed by atoms with Crippen molar-refractivity contribution in [3.8, 4) is 12.1 Å². The Kier molecular flexibility index (Phi) is 3.50. The van der Waals surface area contributed by atoms with Crippen LogP contribution in [0.25, 0.3) is 0 Å². The lowest BCUT2D eigenvalue weighted by Crippen LogP contribution is -1.97. The van der Waals surface area contributed by atoms with E-state index in [1.165, 1.54) is 0 Å². The predicted octanol–water partition coefficient (Wildman–Crippen LogP) is 3.79. The molecule has 0 heterocycles. The summed E-state index contributed by atoms with van der Waals surface area (Å²) in [6.45, 7) is 3.88. The molecule has 2 rings (SSSR count). The molecule has 0 saturated heterocycles. The van der Waals surface area contributed by atoms with Gasteiger partial charge < -0.3 is 5.32 Å². The molecule has 0 saturated carbocycles. The number of hydrogen-bond acceptors (Lipinski definition) is 3. The van der Waals surface area contributed by atoms with E-state index in [1.54, 1.807) is 0 Å². The summed E-state index contributed by atoms with van der Waals surface area (Å²) in [5.74, 6) is 0. The quantitative estimate of drug-likeness (QED) is 0.878. The summed E-state index contributed by atoms with van der Waals surface area (Å²) in [4.78, 5) is 0. The molecule has 92 valence electrons. The second kappa shape index (κ2) is 5.25. The molecule has 2 aromatic rings. The molecule has 0 unspecified atom stereocenters.